The molecule has 136 valence electrons. The Morgan fingerprint density at radius 2 is 0.720 bits per heavy atom. The van der Waals surface area contributed by atoms with Crippen LogP contribution in [0.3, 0.4) is 0 Å². The fraction of sp³-hybridized carbons (Fsp3) is 0.500. The average molecular weight is 545 g/mol. The Labute approximate surface area is 222 Å². The van der Waals surface area contributed by atoms with E-state index in [-0.39, 0.29) is 116 Å². The first kappa shape index (κ1) is 63.9. The number of carbonyl (C=O) groups is 3. The van der Waals surface area contributed by atoms with Crippen molar-refractivity contribution in [2.75, 3.05) is 0 Å². The fourth-order valence-corrected chi connectivity index (χ4v) is 0. The molecule has 0 bridgehead atoms. The summed E-state index contributed by atoms with van der Waals surface area (Å²) in [5.74, 6) is -2.50. The van der Waals surface area contributed by atoms with Gasteiger partial charge < -0.3 is 38.0 Å². The zero-order valence-electron chi connectivity index (χ0n) is 13.9. The van der Waals surface area contributed by atoms with Crippen LogP contribution in [-0.2, 0) is 14.4 Å². The molecule has 11 N–H and O–H groups in total. The van der Waals surface area contributed by atoms with Crippen LogP contribution in [0.25, 0.3) is 0 Å². The summed E-state index contributed by atoms with van der Waals surface area (Å²) in [6.45, 7) is 3.25. The second-order valence-corrected chi connectivity index (χ2v) is 2.03. The molecule has 16 nitrogen and oxygen atoms in total. The van der Waals surface area contributed by atoms with Gasteiger partial charge in [0.2, 0.25) is 0 Å². The molecule has 0 aliphatic carbocycles. The SMILES string of the molecule is CC(=O)O.CC(=O)O.CC(=O)O.N.N.O=[N+]([O-])O.O=[N+]([O-])O.[Al+3].[Ba+2].[Ca+2]. The summed E-state index contributed by atoms with van der Waals surface area (Å²) in [5, 5.41) is 49.5. The molecule has 0 amide bonds. The van der Waals surface area contributed by atoms with Crippen LogP contribution >= 0.6 is 0 Å². The topological polar surface area (TPSA) is 309 Å². The summed E-state index contributed by atoms with van der Waals surface area (Å²) >= 11 is 0. The van der Waals surface area contributed by atoms with E-state index in [0.717, 1.165) is 20.8 Å². The molecule has 0 unspecified atom stereocenters. The third-order valence-corrected chi connectivity index (χ3v) is 0. The molecule has 0 rings (SSSR count). The average Bonchev–Trinajstić information content (AvgIpc) is 1.94. The Bertz CT molecular complexity index is 234. The zero-order chi connectivity index (χ0) is 17.9. The normalized spacial score (nSPS) is 4.92. The van der Waals surface area contributed by atoms with Crippen molar-refractivity contribution < 1.29 is 50.3 Å². The second kappa shape index (κ2) is 56.4. The Balaban J connectivity index is -0.0000000134. The molecular weight excluding hydrogens is 524 g/mol. The molecule has 0 aliphatic rings. The standard InChI is InChI=1S/3C2H4O2.Al.Ba.Ca.2HNO3.2H3N/c3*1-2(3)4;;;;2*2-1(3)4;;/h3*1H3,(H,3,4);;;;2*(H,2,3,4);2*1H3/q;;;+3;2*+2;;;;. The van der Waals surface area contributed by atoms with Gasteiger partial charge in [0, 0.05) is 20.8 Å². The fourth-order valence-electron chi connectivity index (χ4n) is 0. The molecule has 0 fully saturated rings. The third-order valence-electron chi connectivity index (χ3n) is 0. The largest absolute Gasteiger partial charge is 3.00 e. The smallest absolute Gasteiger partial charge is 0.481 e. The van der Waals surface area contributed by atoms with Crippen molar-refractivity contribution in [2.45, 2.75) is 20.8 Å². The van der Waals surface area contributed by atoms with Crippen molar-refractivity contribution in [1.29, 1.82) is 0 Å². The van der Waals surface area contributed by atoms with Gasteiger partial charge in [-0.25, -0.2) is 0 Å². The molecule has 0 spiro atoms. The minimum absolute atomic E-state index is 0. The van der Waals surface area contributed by atoms with E-state index in [9.17, 15) is 0 Å². The van der Waals surface area contributed by atoms with Crippen LogP contribution in [0.2, 0.25) is 0 Å². The van der Waals surface area contributed by atoms with Gasteiger partial charge in [-0.1, -0.05) is 0 Å². The van der Waals surface area contributed by atoms with Gasteiger partial charge in [0.25, 0.3) is 28.1 Å². The van der Waals surface area contributed by atoms with Crippen LogP contribution in [-0.4, -0.2) is 158 Å². The van der Waals surface area contributed by atoms with E-state index in [1.807, 2.05) is 0 Å². The molecule has 0 aromatic carbocycles. The van der Waals surface area contributed by atoms with Gasteiger partial charge in [-0.15, -0.1) is 20.2 Å². The van der Waals surface area contributed by atoms with Gasteiger partial charge >= 0.3 is 104 Å². The number of aliphatic carboxylic acids is 3. The molecule has 0 saturated heterocycles. The van der Waals surface area contributed by atoms with E-state index < -0.39 is 28.1 Å². The van der Waals surface area contributed by atoms with E-state index in [4.69, 9.17) is 60.3 Å². The van der Waals surface area contributed by atoms with E-state index in [0.29, 0.717) is 0 Å². The number of rotatable bonds is 0. The van der Waals surface area contributed by atoms with Gasteiger partial charge in [0.15, 0.2) is 0 Å². The first-order chi connectivity index (χ1) is 8.66. The first-order valence-electron chi connectivity index (χ1n) is 3.91. The summed E-state index contributed by atoms with van der Waals surface area (Å²) in [5.41, 5.74) is 0. The molecule has 0 aromatic rings. The van der Waals surface area contributed by atoms with Crippen LogP contribution in [0.5, 0.6) is 0 Å². The van der Waals surface area contributed by atoms with Gasteiger partial charge in [-0.05, 0) is 0 Å². The van der Waals surface area contributed by atoms with Crippen molar-refractivity contribution in [3.8, 4) is 0 Å². The summed E-state index contributed by atoms with van der Waals surface area (Å²) in [7, 11) is 0. The molecular formula is C6H20AlBaCaN4O12+7. The molecule has 19 heteroatoms. The minimum Gasteiger partial charge on any atom is -0.481 e. The maximum Gasteiger partial charge on any atom is 3.00 e. The quantitative estimate of drug-likeness (QED) is 0.106. The van der Waals surface area contributed by atoms with Gasteiger partial charge in [0.1, 0.15) is 0 Å². The molecule has 0 saturated carbocycles. The van der Waals surface area contributed by atoms with Crippen LogP contribution in [0, 0.1) is 20.2 Å². The van der Waals surface area contributed by atoms with E-state index in [1.54, 1.807) is 0 Å². The van der Waals surface area contributed by atoms with Crippen molar-refractivity contribution >= 4 is 122 Å². The minimum atomic E-state index is -1.50. The molecule has 0 heterocycles. The summed E-state index contributed by atoms with van der Waals surface area (Å²) in [4.78, 5) is 43.7. The van der Waals surface area contributed by atoms with Crippen LogP contribution in [0.15, 0.2) is 0 Å². The van der Waals surface area contributed by atoms with Crippen molar-refractivity contribution in [3.05, 3.63) is 20.2 Å². The Morgan fingerprint density at radius 1 is 0.720 bits per heavy atom. The van der Waals surface area contributed by atoms with E-state index in [1.165, 1.54) is 0 Å². The maximum absolute atomic E-state index is 9.00. The summed E-state index contributed by atoms with van der Waals surface area (Å²) in [6.07, 6.45) is 0. The van der Waals surface area contributed by atoms with Gasteiger partial charge in [-0.2, -0.15) is 0 Å². The van der Waals surface area contributed by atoms with Crippen molar-refractivity contribution in [2.24, 2.45) is 0 Å². The number of carboxylic acids is 3. The van der Waals surface area contributed by atoms with Crippen molar-refractivity contribution in [3.63, 3.8) is 0 Å². The number of nitrogens with zero attached hydrogens (tertiary/aromatic N) is 2. The van der Waals surface area contributed by atoms with E-state index >= 15 is 0 Å². The Morgan fingerprint density at radius 3 is 0.720 bits per heavy atom. The van der Waals surface area contributed by atoms with Gasteiger partial charge in [-0.3, -0.25) is 14.4 Å². The van der Waals surface area contributed by atoms with Crippen LogP contribution in [0.1, 0.15) is 20.8 Å². The van der Waals surface area contributed by atoms with Crippen LogP contribution in [0.4, 0.5) is 0 Å². The van der Waals surface area contributed by atoms with Gasteiger partial charge in [0.05, 0.1) is 0 Å². The van der Waals surface area contributed by atoms with Crippen molar-refractivity contribution in [1.82, 2.24) is 12.3 Å². The first-order valence-corrected chi connectivity index (χ1v) is 3.91. The molecule has 0 radical (unpaired) electrons. The molecule has 0 aliphatic heterocycles. The monoisotopic (exact) mass is 545 g/mol. The molecule has 0 aromatic heterocycles. The van der Waals surface area contributed by atoms with E-state index in [2.05, 4.69) is 0 Å². The number of hydrogen-bond acceptors (Lipinski definition) is 9. The zero-order valence-corrected chi connectivity index (χ0v) is 21.7. The molecule has 25 heavy (non-hydrogen) atoms. The second-order valence-electron chi connectivity index (χ2n) is 2.03. The molecule has 0 atom stereocenters. The third kappa shape index (κ3) is 1340000. The Kier molecular flexibility index (Phi) is 144. The summed E-state index contributed by atoms with van der Waals surface area (Å²) < 4.78 is 0. The summed E-state index contributed by atoms with van der Waals surface area (Å²) in [6, 6.07) is 0. The number of carboxylic acid groups (broad SMARTS) is 3. The predicted octanol–water partition coefficient (Wildman–Crippen LogP) is -1.24. The number of hydrogen-bond donors (Lipinski definition) is 7. The predicted molar refractivity (Wildman–Crippen MR) is 84.8 cm³/mol. The van der Waals surface area contributed by atoms with Crippen LogP contribution < -0.4 is 12.3 Å². The maximum atomic E-state index is 9.00. The Hall–Kier alpha value is 0.0936.